The van der Waals surface area contributed by atoms with Gasteiger partial charge in [0.1, 0.15) is 0 Å². The van der Waals surface area contributed by atoms with Gasteiger partial charge >= 0.3 is 0 Å². The lowest BCUT2D eigenvalue weighted by atomic mass is 10.0. The van der Waals surface area contributed by atoms with E-state index in [2.05, 4.69) is 41.0 Å². The van der Waals surface area contributed by atoms with Gasteiger partial charge in [0.15, 0.2) is 5.96 Å². The highest BCUT2D eigenvalue weighted by atomic mass is 15.2. The van der Waals surface area contributed by atoms with E-state index in [4.69, 9.17) is 0 Å². The highest BCUT2D eigenvalue weighted by Gasteiger charge is 2.22. The molecule has 4 nitrogen and oxygen atoms in total. The first-order chi connectivity index (χ1) is 9.17. The van der Waals surface area contributed by atoms with Crippen LogP contribution in [0.25, 0.3) is 0 Å². The molecule has 1 aliphatic rings. The summed E-state index contributed by atoms with van der Waals surface area (Å²) in [6.07, 6.45) is 5.78. The SMILES string of the molecule is C=CCNC(=NC)NCC(CC(C)C)N1CCCC1. The number of nitrogens with one attached hydrogen (secondary N) is 2. The molecule has 0 spiro atoms. The van der Waals surface area contributed by atoms with Gasteiger partial charge < -0.3 is 10.6 Å². The van der Waals surface area contributed by atoms with E-state index in [9.17, 15) is 0 Å². The number of aliphatic imine (C=N–C) groups is 1. The molecule has 4 heteroatoms. The summed E-state index contributed by atoms with van der Waals surface area (Å²) in [6, 6.07) is 0.616. The Bertz CT molecular complexity index is 280. The first-order valence-corrected chi connectivity index (χ1v) is 7.46. The molecule has 1 unspecified atom stereocenters. The van der Waals surface area contributed by atoms with Gasteiger partial charge in [0.2, 0.25) is 0 Å². The first-order valence-electron chi connectivity index (χ1n) is 7.46. The van der Waals surface area contributed by atoms with E-state index in [0.29, 0.717) is 6.04 Å². The van der Waals surface area contributed by atoms with Crippen molar-refractivity contribution in [3.8, 4) is 0 Å². The molecule has 0 aromatic rings. The van der Waals surface area contributed by atoms with E-state index >= 15 is 0 Å². The topological polar surface area (TPSA) is 39.7 Å². The normalized spacial score (nSPS) is 18.6. The Kier molecular flexibility index (Phi) is 7.56. The molecule has 1 rings (SSSR count). The predicted octanol–water partition coefficient (Wildman–Crippen LogP) is 1.85. The van der Waals surface area contributed by atoms with Crippen molar-refractivity contribution in [3.05, 3.63) is 12.7 Å². The molecule has 1 saturated heterocycles. The molecule has 2 N–H and O–H groups in total. The summed E-state index contributed by atoms with van der Waals surface area (Å²) >= 11 is 0. The van der Waals surface area contributed by atoms with Crippen molar-refractivity contribution in [2.45, 2.75) is 39.2 Å². The Morgan fingerprint density at radius 2 is 2.00 bits per heavy atom. The van der Waals surface area contributed by atoms with Crippen LogP contribution in [0.3, 0.4) is 0 Å². The Hall–Kier alpha value is -1.03. The Labute approximate surface area is 118 Å². The van der Waals surface area contributed by atoms with Gasteiger partial charge in [0, 0.05) is 26.2 Å². The predicted molar refractivity (Wildman–Crippen MR) is 83.6 cm³/mol. The highest BCUT2D eigenvalue weighted by molar-refractivity contribution is 5.79. The van der Waals surface area contributed by atoms with Crippen molar-refractivity contribution < 1.29 is 0 Å². The number of hydrogen-bond acceptors (Lipinski definition) is 2. The molecule has 0 saturated carbocycles. The van der Waals surface area contributed by atoms with Crippen molar-refractivity contribution in [2.24, 2.45) is 10.9 Å². The quantitative estimate of drug-likeness (QED) is 0.420. The van der Waals surface area contributed by atoms with Gasteiger partial charge in [-0.05, 0) is 38.3 Å². The molecule has 0 aromatic carbocycles. The molecular weight excluding hydrogens is 236 g/mol. The Balaban J connectivity index is 2.44. The molecule has 1 fully saturated rings. The lowest BCUT2D eigenvalue weighted by molar-refractivity contribution is 0.213. The zero-order valence-electron chi connectivity index (χ0n) is 12.8. The van der Waals surface area contributed by atoms with E-state index in [1.807, 2.05) is 13.1 Å². The second-order valence-corrected chi connectivity index (χ2v) is 5.65. The molecule has 0 radical (unpaired) electrons. The zero-order valence-corrected chi connectivity index (χ0v) is 12.8. The van der Waals surface area contributed by atoms with Crippen molar-refractivity contribution in [1.82, 2.24) is 15.5 Å². The molecular formula is C15H30N4. The average Bonchev–Trinajstić information content (AvgIpc) is 2.91. The molecule has 1 atom stereocenters. The van der Waals surface area contributed by atoms with Crippen LogP contribution in [0, 0.1) is 5.92 Å². The van der Waals surface area contributed by atoms with Gasteiger partial charge in [-0.2, -0.15) is 0 Å². The van der Waals surface area contributed by atoms with Crippen molar-refractivity contribution in [2.75, 3.05) is 33.2 Å². The Morgan fingerprint density at radius 3 is 2.53 bits per heavy atom. The lowest BCUT2D eigenvalue weighted by Gasteiger charge is -2.29. The number of rotatable bonds is 7. The van der Waals surface area contributed by atoms with Crippen LogP contribution in [0.15, 0.2) is 17.6 Å². The van der Waals surface area contributed by atoms with Crippen LogP contribution in [0.5, 0.6) is 0 Å². The summed E-state index contributed by atoms with van der Waals surface area (Å²) in [6.45, 7) is 12.5. The minimum atomic E-state index is 0.616. The fourth-order valence-corrected chi connectivity index (χ4v) is 2.62. The maximum atomic E-state index is 4.23. The van der Waals surface area contributed by atoms with Crippen molar-refractivity contribution >= 4 is 5.96 Å². The fraction of sp³-hybridized carbons (Fsp3) is 0.800. The van der Waals surface area contributed by atoms with Gasteiger partial charge in [-0.15, -0.1) is 6.58 Å². The van der Waals surface area contributed by atoms with E-state index in [1.54, 1.807) is 0 Å². The summed E-state index contributed by atoms with van der Waals surface area (Å²) in [5.41, 5.74) is 0. The maximum absolute atomic E-state index is 4.23. The summed E-state index contributed by atoms with van der Waals surface area (Å²) < 4.78 is 0. The molecule has 110 valence electrons. The Morgan fingerprint density at radius 1 is 1.32 bits per heavy atom. The lowest BCUT2D eigenvalue weighted by Crippen LogP contribution is -2.46. The first kappa shape index (κ1) is 16.0. The summed E-state index contributed by atoms with van der Waals surface area (Å²) in [4.78, 5) is 6.85. The fourth-order valence-electron chi connectivity index (χ4n) is 2.62. The van der Waals surface area contributed by atoms with E-state index in [1.165, 1.54) is 32.4 Å². The van der Waals surface area contributed by atoms with Crippen molar-refractivity contribution in [1.29, 1.82) is 0 Å². The van der Waals surface area contributed by atoms with E-state index < -0.39 is 0 Å². The summed E-state index contributed by atoms with van der Waals surface area (Å²) in [5.74, 6) is 1.60. The minimum absolute atomic E-state index is 0.616. The van der Waals surface area contributed by atoms with Crippen LogP contribution in [-0.4, -0.2) is 50.1 Å². The molecule has 0 aliphatic carbocycles. The molecule has 1 heterocycles. The molecule has 0 amide bonds. The third-order valence-electron chi connectivity index (χ3n) is 3.54. The number of nitrogens with zero attached hydrogens (tertiary/aromatic N) is 2. The van der Waals surface area contributed by atoms with Gasteiger partial charge in [0.05, 0.1) is 0 Å². The van der Waals surface area contributed by atoms with Gasteiger partial charge in [0.25, 0.3) is 0 Å². The molecule has 19 heavy (non-hydrogen) atoms. The van der Waals surface area contributed by atoms with Gasteiger partial charge in [-0.1, -0.05) is 19.9 Å². The minimum Gasteiger partial charge on any atom is -0.355 e. The van der Waals surface area contributed by atoms with E-state index in [-0.39, 0.29) is 0 Å². The third kappa shape index (κ3) is 6.10. The second kappa shape index (κ2) is 8.97. The van der Waals surface area contributed by atoms with Crippen LogP contribution in [0.2, 0.25) is 0 Å². The smallest absolute Gasteiger partial charge is 0.191 e. The van der Waals surface area contributed by atoms with E-state index in [0.717, 1.165) is 25.0 Å². The standard InChI is InChI=1S/C15H30N4/c1-5-8-17-15(16-4)18-12-14(11-13(2)3)19-9-6-7-10-19/h5,13-14H,1,6-12H2,2-4H3,(H2,16,17,18). The number of hydrogen-bond donors (Lipinski definition) is 2. The summed E-state index contributed by atoms with van der Waals surface area (Å²) in [7, 11) is 1.81. The summed E-state index contributed by atoms with van der Waals surface area (Å²) in [5, 5.41) is 6.66. The average molecular weight is 266 g/mol. The van der Waals surface area contributed by atoms with Crippen LogP contribution in [0.4, 0.5) is 0 Å². The van der Waals surface area contributed by atoms with Gasteiger partial charge in [-0.3, -0.25) is 9.89 Å². The van der Waals surface area contributed by atoms with Crippen LogP contribution in [-0.2, 0) is 0 Å². The molecule has 0 bridgehead atoms. The van der Waals surface area contributed by atoms with Crippen LogP contribution in [0.1, 0.15) is 33.1 Å². The van der Waals surface area contributed by atoms with Crippen LogP contribution >= 0.6 is 0 Å². The molecule has 0 aromatic heterocycles. The van der Waals surface area contributed by atoms with Crippen LogP contribution < -0.4 is 10.6 Å². The van der Waals surface area contributed by atoms with Crippen molar-refractivity contribution in [3.63, 3.8) is 0 Å². The second-order valence-electron chi connectivity index (χ2n) is 5.65. The molecule has 1 aliphatic heterocycles. The number of guanidine groups is 1. The number of likely N-dealkylation sites (tertiary alicyclic amines) is 1. The zero-order chi connectivity index (χ0) is 14.1. The van der Waals surface area contributed by atoms with Gasteiger partial charge in [-0.25, -0.2) is 0 Å². The highest BCUT2D eigenvalue weighted by Crippen LogP contribution is 2.17. The monoisotopic (exact) mass is 266 g/mol. The third-order valence-corrected chi connectivity index (χ3v) is 3.54. The largest absolute Gasteiger partial charge is 0.355 e. The maximum Gasteiger partial charge on any atom is 0.191 e.